The van der Waals surface area contributed by atoms with Gasteiger partial charge in [0.05, 0.1) is 19.1 Å². The Labute approximate surface area is 141 Å². The highest BCUT2D eigenvalue weighted by atomic mass is 19.1. The third-order valence-electron chi connectivity index (χ3n) is 4.19. The molecule has 0 radical (unpaired) electrons. The number of rotatable bonds is 6. The van der Waals surface area contributed by atoms with E-state index in [9.17, 15) is 4.39 Å². The van der Waals surface area contributed by atoms with Crippen LogP contribution in [0, 0.1) is 5.82 Å². The van der Waals surface area contributed by atoms with Crippen LogP contribution in [0.3, 0.4) is 0 Å². The summed E-state index contributed by atoms with van der Waals surface area (Å²) in [5.74, 6) is 0.666. The molecule has 3 aromatic rings. The van der Waals surface area contributed by atoms with Gasteiger partial charge in [0.2, 0.25) is 0 Å². The van der Waals surface area contributed by atoms with E-state index in [1.165, 1.54) is 17.7 Å². The Bertz CT molecular complexity index is 826. The van der Waals surface area contributed by atoms with Crippen molar-refractivity contribution >= 4 is 0 Å². The van der Waals surface area contributed by atoms with Crippen molar-refractivity contribution in [3.63, 3.8) is 0 Å². The molecule has 0 fully saturated rings. The molecular weight excluding hydrogens is 303 g/mol. The quantitative estimate of drug-likeness (QED) is 0.667. The topological polar surface area (TPSA) is 27.1 Å². The number of methoxy groups -OCH3 is 1. The highest BCUT2D eigenvalue weighted by molar-refractivity contribution is 5.62. The van der Waals surface area contributed by atoms with Crippen molar-refractivity contribution in [2.45, 2.75) is 26.3 Å². The Hall–Kier alpha value is -2.62. The van der Waals surface area contributed by atoms with Crippen molar-refractivity contribution in [1.82, 2.24) is 9.55 Å². The van der Waals surface area contributed by atoms with Crippen LogP contribution in [0.2, 0.25) is 0 Å². The molecule has 1 aromatic heterocycles. The average Bonchev–Trinajstić information content (AvgIpc) is 3.03. The van der Waals surface area contributed by atoms with E-state index in [1.54, 1.807) is 13.2 Å². The number of para-hydroxylation sites is 1. The van der Waals surface area contributed by atoms with Crippen LogP contribution in [-0.2, 0) is 19.4 Å². The molecule has 0 unspecified atom stereocenters. The monoisotopic (exact) mass is 324 g/mol. The SMILES string of the molecule is CCc1c(-c2cccc(F)c2)ncn1CCc1ccccc1OC. The molecule has 24 heavy (non-hydrogen) atoms. The summed E-state index contributed by atoms with van der Waals surface area (Å²) in [4.78, 5) is 4.52. The lowest BCUT2D eigenvalue weighted by atomic mass is 10.1. The first-order chi connectivity index (χ1) is 11.7. The molecule has 0 aliphatic rings. The fourth-order valence-electron chi connectivity index (χ4n) is 3.00. The van der Waals surface area contributed by atoms with Crippen LogP contribution in [-0.4, -0.2) is 16.7 Å². The standard InChI is InChI=1S/C20H21FN2O/c1-3-18-20(16-8-6-9-17(21)13-16)22-14-23(18)12-11-15-7-4-5-10-19(15)24-2/h4-10,13-14H,3,11-12H2,1-2H3. The van der Waals surface area contributed by atoms with Gasteiger partial charge in [-0.1, -0.05) is 37.3 Å². The van der Waals surface area contributed by atoms with E-state index < -0.39 is 0 Å². The van der Waals surface area contributed by atoms with Gasteiger partial charge in [0, 0.05) is 17.8 Å². The van der Waals surface area contributed by atoms with Gasteiger partial charge in [-0.15, -0.1) is 0 Å². The predicted molar refractivity (Wildman–Crippen MR) is 93.7 cm³/mol. The van der Waals surface area contributed by atoms with Crippen molar-refractivity contribution in [2.75, 3.05) is 7.11 Å². The van der Waals surface area contributed by atoms with Gasteiger partial charge in [-0.05, 0) is 36.6 Å². The van der Waals surface area contributed by atoms with Crippen molar-refractivity contribution < 1.29 is 9.13 Å². The van der Waals surface area contributed by atoms with Crippen LogP contribution >= 0.6 is 0 Å². The number of nitrogens with zero attached hydrogens (tertiary/aromatic N) is 2. The van der Waals surface area contributed by atoms with Crippen molar-refractivity contribution in [2.24, 2.45) is 0 Å². The molecule has 124 valence electrons. The van der Waals surface area contributed by atoms with Crippen LogP contribution < -0.4 is 4.74 Å². The maximum atomic E-state index is 13.5. The van der Waals surface area contributed by atoms with Crippen LogP contribution in [0.5, 0.6) is 5.75 Å². The van der Waals surface area contributed by atoms with Gasteiger partial charge < -0.3 is 9.30 Å². The minimum absolute atomic E-state index is 0.238. The van der Waals surface area contributed by atoms with E-state index in [0.717, 1.165) is 42.1 Å². The van der Waals surface area contributed by atoms with E-state index in [2.05, 4.69) is 22.5 Å². The fraction of sp³-hybridized carbons (Fsp3) is 0.250. The largest absolute Gasteiger partial charge is 0.496 e. The first-order valence-corrected chi connectivity index (χ1v) is 8.14. The van der Waals surface area contributed by atoms with Crippen LogP contribution in [0.4, 0.5) is 4.39 Å². The normalized spacial score (nSPS) is 10.8. The lowest BCUT2D eigenvalue weighted by Crippen LogP contribution is -2.05. The van der Waals surface area contributed by atoms with Gasteiger partial charge in [0.15, 0.2) is 0 Å². The maximum absolute atomic E-state index is 13.5. The molecule has 0 aliphatic carbocycles. The Morgan fingerprint density at radius 1 is 1.12 bits per heavy atom. The van der Waals surface area contributed by atoms with Crippen LogP contribution in [0.25, 0.3) is 11.3 Å². The summed E-state index contributed by atoms with van der Waals surface area (Å²) in [6.07, 6.45) is 3.54. The van der Waals surface area contributed by atoms with Gasteiger partial charge in [-0.3, -0.25) is 0 Å². The van der Waals surface area contributed by atoms with Crippen molar-refractivity contribution in [1.29, 1.82) is 0 Å². The molecule has 0 N–H and O–H groups in total. The van der Waals surface area contributed by atoms with Gasteiger partial charge in [-0.25, -0.2) is 9.37 Å². The third kappa shape index (κ3) is 3.32. The van der Waals surface area contributed by atoms with Gasteiger partial charge in [-0.2, -0.15) is 0 Å². The molecule has 0 amide bonds. The molecule has 0 saturated carbocycles. The number of imidazole rings is 1. The molecule has 3 rings (SSSR count). The van der Waals surface area contributed by atoms with E-state index in [1.807, 2.05) is 30.6 Å². The highest BCUT2D eigenvalue weighted by Crippen LogP contribution is 2.24. The summed E-state index contributed by atoms with van der Waals surface area (Å²) >= 11 is 0. The first-order valence-electron chi connectivity index (χ1n) is 8.14. The Balaban J connectivity index is 1.85. The summed E-state index contributed by atoms with van der Waals surface area (Å²) in [7, 11) is 1.69. The van der Waals surface area contributed by atoms with E-state index >= 15 is 0 Å². The second kappa shape index (κ2) is 7.30. The van der Waals surface area contributed by atoms with Crippen LogP contribution in [0.15, 0.2) is 54.9 Å². The Morgan fingerprint density at radius 2 is 1.96 bits per heavy atom. The molecule has 0 atom stereocenters. The molecule has 4 heteroatoms. The second-order valence-corrected chi connectivity index (χ2v) is 5.66. The number of aromatic nitrogens is 2. The van der Waals surface area contributed by atoms with E-state index in [4.69, 9.17) is 4.74 Å². The fourth-order valence-corrected chi connectivity index (χ4v) is 3.00. The molecule has 3 nitrogen and oxygen atoms in total. The summed E-state index contributed by atoms with van der Waals surface area (Å²) in [6.45, 7) is 2.91. The van der Waals surface area contributed by atoms with Gasteiger partial charge in [0.1, 0.15) is 11.6 Å². The number of ether oxygens (including phenoxy) is 1. The van der Waals surface area contributed by atoms with Gasteiger partial charge in [0.25, 0.3) is 0 Å². The van der Waals surface area contributed by atoms with Gasteiger partial charge >= 0.3 is 0 Å². The summed E-state index contributed by atoms with van der Waals surface area (Å²) < 4.78 is 21.1. The smallest absolute Gasteiger partial charge is 0.123 e. The molecular formula is C20H21FN2O. The molecule has 0 spiro atoms. The summed E-state index contributed by atoms with van der Waals surface area (Å²) in [6, 6.07) is 14.6. The average molecular weight is 324 g/mol. The number of hydrogen-bond donors (Lipinski definition) is 0. The van der Waals surface area contributed by atoms with E-state index in [-0.39, 0.29) is 5.82 Å². The summed E-state index contributed by atoms with van der Waals surface area (Å²) in [5.41, 5.74) is 3.97. The molecule has 0 bridgehead atoms. The third-order valence-corrected chi connectivity index (χ3v) is 4.19. The lowest BCUT2D eigenvalue weighted by Gasteiger charge is -2.11. The minimum atomic E-state index is -0.238. The Morgan fingerprint density at radius 3 is 2.71 bits per heavy atom. The molecule has 0 saturated heterocycles. The zero-order chi connectivity index (χ0) is 16.9. The number of halogens is 1. The van der Waals surface area contributed by atoms with Crippen LogP contribution in [0.1, 0.15) is 18.2 Å². The maximum Gasteiger partial charge on any atom is 0.123 e. The van der Waals surface area contributed by atoms with Crippen molar-refractivity contribution in [3.05, 3.63) is 71.9 Å². The number of hydrogen-bond acceptors (Lipinski definition) is 2. The predicted octanol–water partition coefficient (Wildman–Crippen LogP) is 4.50. The highest BCUT2D eigenvalue weighted by Gasteiger charge is 2.12. The molecule has 2 aromatic carbocycles. The van der Waals surface area contributed by atoms with E-state index in [0.29, 0.717) is 0 Å². The zero-order valence-corrected chi connectivity index (χ0v) is 14.0. The number of aryl methyl sites for hydroxylation is 2. The molecule has 1 heterocycles. The van der Waals surface area contributed by atoms with Crippen molar-refractivity contribution in [3.8, 4) is 17.0 Å². The minimum Gasteiger partial charge on any atom is -0.496 e. The first kappa shape index (κ1) is 16.2. The zero-order valence-electron chi connectivity index (χ0n) is 14.0. The summed E-state index contributed by atoms with van der Waals surface area (Å²) in [5, 5.41) is 0. The lowest BCUT2D eigenvalue weighted by molar-refractivity contribution is 0.408. The second-order valence-electron chi connectivity index (χ2n) is 5.66. The number of benzene rings is 2. The molecule has 0 aliphatic heterocycles. The Kier molecular flexibility index (Phi) is 4.94.